The number of hydrogen-bond acceptors (Lipinski definition) is 3. The molecule has 0 aromatic heterocycles. The van der Waals surface area contributed by atoms with Crippen LogP contribution >= 0.6 is 11.6 Å². The Labute approximate surface area is 180 Å². The summed E-state index contributed by atoms with van der Waals surface area (Å²) in [4.78, 5) is 15.0. The van der Waals surface area contributed by atoms with E-state index in [9.17, 15) is 9.18 Å². The van der Waals surface area contributed by atoms with Gasteiger partial charge in [0.05, 0.1) is 6.04 Å². The average molecular weight is 424 g/mol. The molecule has 0 saturated heterocycles. The highest BCUT2D eigenvalue weighted by Gasteiger charge is 2.37. The number of anilines is 1. The monoisotopic (exact) mass is 423 g/mol. The summed E-state index contributed by atoms with van der Waals surface area (Å²) in [5, 5.41) is 7.18. The number of nitrogens with zero attached hydrogens (tertiary/aromatic N) is 1. The molecule has 2 N–H and O–H groups in total. The Balaban J connectivity index is 1.70. The van der Waals surface area contributed by atoms with Crippen LogP contribution in [0.5, 0.6) is 0 Å². The Bertz CT molecular complexity index is 1070. The number of likely N-dealkylation sites (N-methyl/N-ethyl adjacent to an activating group) is 1. The number of para-hydroxylation sites is 1. The van der Waals surface area contributed by atoms with Gasteiger partial charge in [-0.1, -0.05) is 48.0 Å². The van der Waals surface area contributed by atoms with E-state index in [-0.39, 0.29) is 17.8 Å². The second kappa shape index (κ2) is 8.09. The highest BCUT2D eigenvalue weighted by atomic mass is 35.5. The van der Waals surface area contributed by atoms with Gasteiger partial charge in [0.2, 0.25) is 0 Å². The minimum Gasteiger partial charge on any atom is -0.351 e. The summed E-state index contributed by atoms with van der Waals surface area (Å²) in [6.07, 6.45) is 0. The standard InChI is InChI=1S/C24H23ClFN3O/c1-24(28-23(30)16-11-13-17(25)14-12-16)15-27-22(18-7-3-5-9-20(18)26)19-8-4-6-10-21(19)29(24)2/h3-14,22,27H,15H2,1-2H3,(H,28,30). The van der Waals surface area contributed by atoms with Crippen LogP contribution in [0.3, 0.4) is 0 Å². The van der Waals surface area contributed by atoms with Crippen molar-refractivity contribution in [2.45, 2.75) is 18.6 Å². The zero-order valence-corrected chi connectivity index (χ0v) is 17.6. The molecule has 0 fully saturated rings. The van der Waals surface area contributed by atoms with Gasteiger partial charge in [-0.15, -0.1) is 0 Å². The van der Waals surface area contributed by atoms with Crippen LogP contribution in [-0.4, -0.2) is 25.2 Å². The van der Waals surface area contributed by atoms with Gasteiger partial charge in [0.25, 0.3) is 5.91 Å². The molecule has 2 atom stereocenters. The van der Waals surface area contributed by atoms with Gasteiger partial charge in [0.15, 0.2) is 0 Å². The zero-order valence-electron chi connectivity index (χ0n) is 16.8. The number of nitrogens with one attached hydrogen (secondary N) is 2. The van der Waals surface area contributed by atoms with E-state index in [0.29, 0.717) is 22.7 Å². The molecule has 4 rings (SSSR count). The van der Waals surface area contributed by atoms with Gasteiger partial charge in [-0.3, -0.25) is 4.79 Å². The number of rotatable bonds is 3. The molecule has 0 radical (unpaired) electrons. The predicted octanol–water partition coefficient (Wildman–Crippen LogP) is 4.75. The minimum atomic E-state index is -0.743. The van der Waals surface area contributed by atoms with Crippen molar-refractivity contribution in [1.29, 1.82) is 0 Å². The second-order valence-corrected chi connectivity index (χ2v) is 8.12. The lowest BCUT2D eigenvalue weighted by molar-refractivity contribution is 0.0905. The highest BCUT2D eigenvalue weighted by molar-refractivity contribution is 6.30. The molecule has 0 aliphatic carbocycles. The summed E-state index contributed by atoms with van der Waals surface area (Å²) in [5.41, 5.74) is 2.24. The van der Waals surface area contributed by atoms with Crippen LogP contribution in [0.15, 0.2) is 72.8 Å². The molecule has 0 saturated carbocycles. The Morgan fingerprint density at radius 3 is 2.40 bits per heavy atom. The van der Waals surface area contributed by atoms with E-state index in [0.717, 1.165) is 11.3 Å². The molecule has 30 heavy (non-hydrogen) atoms. The minimum absolute atomic E-state index is 0.204. The summed E-state index contributed by atoms with van der Waals surface area (Å²) in [7, 11) is 1.94. The van der Waals surface area contributed by atoms with Crippen molar-refractivity contribution in [1.82, 2.24) is 10.6 Å². The molecule has 1 heterocycles. The maximum atomic E-state index is 14.6. The van der Waals surface area contributed by atoms with Crippen LogP contribution in [0.2, 0.25) is 5.02 Å². The third-order valence-electron chi connectivity index (χ3n) is 5.71. The zero-order chi connectivity index (χ0) is 21.3. The normalized spacial score (nSPS) is 20.9. The van der Waals surface area contributed by atoms with Crippen LogP contribution in [0.4, 0.5) is 10.1 Å². The molecule has 1 aliphatic rings. The molecule has 0 bridgehead atoms. The van der Waals surface area contributed by atoms with Gasteiger partial charge in [0, 0.05) is 35.4 Å². The first-order valence-corrected chi connectivity index (χ1v) is 10.2. The maximum Gasteiger partial charge on any atom is 0.253 e. The molecule has 6 heteroatoms. The summed E-state index contributed by atoms with van der Waals surface area (Å²) in [6, 6.07) is 21.1. The van der Waals surface area contributed by atoms with Crippen molar-refractivity contribution >= 4 is 23.2 Å². The third kappa shape index (κ3) is 3.78. The topological polar surface area (TPSA) is 44.4 Å². The van der Waals surface area contributed by atoms with E-state index >= 15 is 0 Å². The van der Waals surface area contributed by atoms with Gasteiger partial charge in [0.1, 0.15) is 11.5 Å². The lowest BCUT2D eigenvalue weighted by Gasteiger charge is -2.40. The lowest BCUT2D eigenvalue weighted by Crippen LogP contribution is -2.62. The van der Waals surface area contributed by atoms with Gasteiger partial charge >= 0.3 is 0 Å². The molecule has 2 unspecified atom stereocenters. The van der Waals surface area contributed by atoms with Gasteiger partial charge in [-0.2, -0.15) is 0 Å². The summed E-state index contributed by atoms with van der Waals surface area (Å²) in [6.45, 7) is 2.37. The first-order chi connectivity index (χ1) is 14.4. The average Bonchev–Trinajstić information content (AvgIpc) is 2.85. The van der Waals surface area contributed by atoms with E-state index < -0.39 is 5.66 Å². The number of halogens is 2. The fourth-order valence-electron chi connectivity index (χ4n) is 3.87. The van der Waals surface area contributed by atoms with E-state index in [4.69, 9.17) is 11.6 Å². The number of hydrogen-bond donors (Lipinski definition) is 2. The van der Waals surface area contributed by atoms with Crippen molar-refractivity contribution in [2.75, 3.05) is 18.5 Å². The van der Waals surface area contributed by atoms with E-state index in [1.807, 2.05) is 49.2 Å². The molecule has 4 nitrogen and oxygen atoms in total. The van der Waals surface area contributed by atoms with Crippen molar-refractivity contribution in [3.63, 3.8) is 0 Å². The fraction of sp³-hybridized carbons (Fsp3) is 0.208. The van der Waals surface area contributed by atoms with Crippen molar-refractivity contribution in [3.8, 4) is 0 Å². The van der Waals surface area contributed by atoms with Gasteiger partial charge in [-0.25, -0.2) is 4.39 Å². The maximum absolute atomic E-state index is 14.6. The lowest BCUT2D eigenvalue weighted by atomic mass is 9.97. The third-order valence-corrected chi connectivity index (χ3v) is 5.96. The molecule has 3 aromatic rings. The smallest absolute Gasteiger partial charge is 0.253 e. The number of benzene rings is 3. The predicted molar refractivity (Wildman–Crippen MR) is 118 cm³/mol. The van der Waals surface area contributed by atoms with Crippen LogP contribution in [0, 0.1) is 5.82 Å². The second-order valence-electron chi connectivity index (χ2n) is 7.69. The van der Waals surface area contributed by atoms with E-state index in [2.05, 4.69) is 10.6 Å². The number of carbonyl (C=O) groups excluding carboxylic acids is 1. The fourth-order valence-corrected chi connectivity index (χ4v) is 3.99. The van der Waals surface area contributed by atoms with Crippen LogP contribution in [-0.2, 0) is 0 Å². The summed E-state index contributed by atoms with van der Waals surface area (Å²) >= 11 is 5.94. The van der Waals surface area contributed by atoms with Crippen LogP contribution in [0.1, 0.15) is 34.5 Å². The molecular formula is C24H23ClFN3O. The van der Waals surface area contributed by atoms with E-state index in [1.54, 1.807) is 36.4 Å². The molecule has 3 aromatic carbocycles. The molecule has 0 spiro atoms. The first-order valence-electron chi connectivity index (χ1n) is 9.78. The summed E-state index contributed by atoms with van der Waals surface area (Å²) in [5.74, 6) is -0.467. The quantitative estimate of drug-likeness (QED) is 0.638. The number of fused-ring (bicyclic) bond motifs is 1. The number of amides is 1. The van der Waals surface area contributed by atoms with E-state index in [1.165, 1.54) is 6.07 Å². The van der Waals surface area contributed by atoms with Crippen LogP contribution in [0.25, 0.3) is 0 Å². The highest BCUT2D eigenvalue weighted by Crippen LogP contribution is 2.36. The Morgan fingerprint density at radius 2 is 1.70 bits per heavy atom. The van der Waals surface area contributed by atoms with Crippen molar-refractivity contribution in [3.05, 3.63) is 100 Å². The molecule has 1 amide bonds. The SMILES string of the molecule is CN1c2ccccc2C(c2ccccc2F)NCC1(C)NC(=O)c1ccc(Cl)cc1. The molecular weight excluding hydrogens is 401 g/mol. The van der Waals surface area contributed by atoms with Crippen molar-refractivity contribution < 1.29 is 9.18 Å². The van der Waals surface area contributed by atoms with Crippen LogP contribution < -0.4 is 15.5 Å². The van der Waals surface area contributed by atoms with Crippen molar-refractivity contribution in [2.24, 2.45) is 0 Å². The number of carbonyl (C=O) groups is 1. The molecule has 154 valence electrons. The summed E-state index contributed by atoms with van der Waals surface area (Å²) < 4.78 is 14.6. The first kappa shape index (κ1) is 20.4. The molecule has 1 aliphatic heterocycles. The Morgan fingerprint density at radius 1 is 1.07 bits per heavy atom. The largest absolute Gasteiger partial charge is 0.351 e. The van der Waals surface area contributed by atoms with Gasteiger partial charge in [-0.05, 0) is 48.9 Å². The van der Waals surface area contributed by atoms with Gasteiger partial charge < -0.3 is 15.5 Å². The Kier molecular flexibility index (Phi) is 5.50. The Hall–Kier alpha value is -2.89.